The maximum absolute atomic E-state index is 6.14. The van der Waals surface area contributed by atoms with Crippen molar-refractivity contribution in [1.82, 2.24) is 0 Å². The fourth-order valence-electron chi connectivity index (χ4n) is 1.52. The number of thiocarbonyl (C=S) groups is 1. The molecule has 0 aliphatic rings. The minimum Gasteiger partial charge on any atom is -0.389 e. The van der Waals surface area contributed by atoms with Crippen LogP contribution in [0.25, 0.3) is 0 Å². The number of benzene rings is 1. The molecule has 0 amide bonds. The highest BCUT2D eigenvalue weighted by atomic mass is 35.5. The van der Waals surface area contributed by atoms with Crippen molar-refractivity contribution in [2.24, 2.45) is 11.7 Å². The van der Waals surface area contributed by atoms with Crippen LogP contribution in [0.1, 0.15) is 25.8 Å². The lowest BCUT2D eigenvalue weighted by Gasteiger charge is -2.21. The van der Waals surface area contributed by atoms with Crippen LogP contribution in [0.15, 0.2) is 18.2 Å². The van der Waals surface area contributed by atoms with E-state index in [2.05, 4.69) is 25.8 Å². The molecular weight excluding hydrogens is 252 g/mol. The summed E-state index contributed by atoms with van der Waals surface area (Å²) in [7, 11) is 2.06. The first-order valence-corrected chi connectivity index (χ1v) is 6.51. The zero-order valence-corrected chi connectivity index (χ0v) is 12.1. The number of nitrogens with two attached hydrogens (primary N) is 1. The third-order valence-electron chi connectivity index (χ3n) is 2.70. The van der Waals surface area contributed by atoms with Gasteiger partial charge in [0.15, 0.2) is 0 Å². The van der Waals surface area contributed by atoms with E-state index in [1.165, 1.54) is 0 Å². The smallest absolute Gasteiger partial charge is 0.105 e. The summed E-state index contributed by atoms with van der Waals surface area (Å²) in [5.74, 6) is 0.698. The van der Waals surface area contributed by atoms with Crippen molar-refractivity contribution >= 4 is 34.5 Å². The lowest BCUT2D eigenvalue weighted by atomic mass is 10.1. The molecule has 1 aromatic carbocycles. The number of hydrogen-bond donors (Lipinski definition) is 1. The van der Waals surface area contributed by atoms with Crippen molar-refractivity contribution in [3.05, 3.63) is 28.8 Å². The Kier molecular flexibility index (Phi) is 5.22. The Hall–Kier alpha value is -0.800. The van der Waals surface area contributed by atoms with Gasteiger partial charge in [-0.3, -0.25) is 0 Å². The first-order valence-electron chi connectivity index (χ1n) is 5.72. The minimum atomic E-state index is 0.339. The first kappa shape index (κ1) is 14.3. The molecule has 0 bridgehead atoms. The second-order valence-electron chi connectivity index (χ2n) is 4.63. The Morgan fingerprint density at radius 1 is 1.47 bits per heavy atom. The maximum atomic E-state index is 6.14. The molecule has 94 valence electrons. The summed E-state index contributed by atoms with van der Waals surface area (Å²) in [6, 6.07) is 5.79. The van der Waals surface area contributed by atoms with Crippen LogP contribution >= 0.6 is 23.8 Å². The van der Waals surface area contributed by atoms with Gasteiger partial charge in [-0.15, -0.1) is 0 Å². The van der Waals surface area contributed by atoms with E-state index in [4.69, 9.17) is 29.6 Å². The summed E-state index contributed by atoms with van der Waals surface area (Å²) in [5, 5.41) is 0.617. The molecule has 1 rings (SSSR count). The van der Waals surface area contributed by atoms with Crippen LogP contribution in [0.5, 0.6) is 0 Å². The Morgan fingerprint density at radius 3 is 2.59 bits per heavy atom. The van der Waals surface area contributed by atoms with Crippen LogP contribution in [0, 0.1) is 5.92 Å². The van der Waals surface area contributed by atoms with Gasteiger partial charge >= 0.3 is 0 Å². The lowest BCUT2D eigenvalue weighted by molar-refractivity contribution is 0.585. The summed E-state index contributed by atoms with van der Waals surface area (Å²) in [4.78, 5) is 2.53. The molecule has 2 nitrogen and oxygen atoms in total. The highest BCUT2D eigenvalue weighted by Crippen LogP contribution is 2.23. The fourth-order valence-corrected chi connectivity index (χ4v) is 2.03. The molecule has 0 aliphatic heterocycles. The molecule has 4 heteroatoms. The van der Waals surface area contributed by atoms with Crippen LogP contribution in [-0.4, -0.2) is 18.6 Å². The van der Waals surface area contributed by atoms with Gasteiger partial charge in [0.05, 0.1) is 5.02 Å². The predicted octanol–water partition coefficient (Wildman–Crippen LogP) is 3.46. The Labute approximate surface area is 114 Å². The molecule has 0 aliphatic carbocycles. The van der Waals surface area contributed by atoms with Gasteiger partial charge in [-0.05, 0) is 30.5 Å². The average molecular weight is 271 g/mol. The highest BCUT2D eigenvalue weighted by molar-refractivity contribution is 7.80. The molecule has 0 radical (unpaired) electrons. The molecule has 17 heavy (non-hydrogen) atoms. The van der Waals surface area contributed by atoms with E-state index in [1.807, 2.05) is 18.2 Å². The SMILES string of the molecule is CC(C)CCN(C)c1ccc(C(N)=S)c(Cl)c1. The third kappa shape index (κ3) is 4.17. The lowest BCUT2D eigenvalue weighted by Crippen LogP contribution is -2.20. The number of rotatable bonds is 5. The van der Waals surface area contributed by atoms with Gasteiger partial charge in [0.1, 0.15) is 4.99 Å². The summed E-state index contributed by atoms with van der Waals surface area (Å²) >= 11 is 11.1. The van der Waals surface area contributed by atoms with Gasteiger partial charge in [-0.25, -0.2) is 0 Å². The Bertz CT molecular complexity index is 404. The van der Waals surface area contributed by atoms with Crippen molar-refractivity contribution in [2.45, 2.75) is 20.3 Å². The largest absolute Gasteiger partial charge is 0.389 e. The van der Waals surface area contributed by atoms with Crippen molar-refractivity contribution < 1.29 is 0 Å². The van der Waals surface area contributed by atoms with Gasteiger partial charge in [-0.1, -0.05) is 37.7 Å². The third-order valence-corrected chi connectivity index (χ3v) is 3.23. The molecule has 0 fully saturated rings. The number of halogens is 1. The van der Waals surface area contributed by atoms with E-state index >= 15 is 0 Å². The molecule has 0 heterocycles. The van der Waals surface area contributed by atoms with Crippen molar-refractivity contribution in [2.75, 3.05) is 18.5 Å². The predicted molar refractivity (Wildman–Crippen MR) is 80.1 cm³/mol. The van der Waals surface area contributed by atoms with Gasteiger partial charge in [0.25, 0.3) is 0 Å². The monoisotopic (exact) mass is 270 g/mol. The molecule has 0 aromatic heterocycles. The summed E-state index contributed by atoms with van der Waals surface area (Å²) < 4.78 is 0. The average Bonchev–Trinajstić information content (AvgIpc) is 2.25. The first-order chi connectivity index (χ1) is 7.91. The Balaban J connectivity index is 2.79. The second kappa shape index (κ2) is 6.22. The zero-order chi connectivity index (χ0) is 13.0. The van der Waals surface area contributed by atoms with Gasteiger partial charge in [0, 0.05) is 24.8 Å². The highest BCUT2D eigenvalue weighted by Gasteiger charge is 2.07. The molecule has 0 unspecified atom stereocenters. The number of nitrogens with zero attached hydrogens (tertiary/aromatic N) is 1. The summed E-state index contributed by atoms with van der Waals surface area (Å²) in [6.45, 7) is 5.45. The van der Waals surface area contributed by atoms with Crippen LogP contribution in [-0.2, 0) is 0 Å². The van der Waals surface area contributed by atoms with E-state index in [-0.39, 0.29) is 0 Å². The van der Waals surface area contributed by atoms with E-state index in [0.717, 1.165) is 24.2 Å². The standard InChI is InChI=1S/C13H19ClN2S/c1-9(2)6-7-16(3)10-4-5-11(13(15)17)12(14)8-10/h4-5,8-9H,6-7H2,1-3H3,(H2,15,17). The van der Waals surface area contributed by atoms with Gasteiger partial charge in [-0.2, -0.15) is 0 Å². The number of anilines is 1. The second-order valence-corrected chi connectivity index (χ2v) is 5.48. The molecule has 0 saturated carbocycles. The minimum absolute atomic E-state index is 0.339. The van der Waals surface area contributed by atoms with Gasteiger partial charge < -0.3 is 10.6 Å². The fraction of sp³-hybridized carbons (Fsp3) is 0.462. The molecule has 2 N–H and O–H groups in total. The van der Waals surface area contributed by atoms with Crippen molar-refractivity contribution in [3.63, 3.8) is 0 Å². The quantitative estimate of drug-likeness (QED) is 0.831. The van der Waals surface area contributed by atoms with Crippen LogP contribution in [0.2, 0.25) is 5.02 Å². The van der Waals surface area contributed by atoms with Crippen LogP contribution < -0.4 is 10.6 Å². The molecule has 0 atom stereocenters. The molecular formula is C13H19ClN2S. The van der Waals surface area contributed by atoms with E-state index in [1.54, 1.807) is 0 Å². The topological polar surface area (TPSA) is 29.3 Å². The normalized spacial score (nSPS) is 10.6. The van der Waals surface area contributed by atoms with Crippen molar-refractivity contribution in [3.8, 4) is 0 Å². The summed E-state index contributed by atoms with van der Waals surface area (Å²) in [6.07, 6.45) is 1.16. The van der Waals surface area contributed by atoms with Crippen LogP contribution in [0.4, 0.5) is 5.69 Å². The van der Waals surface area contributed by atoms with Crippen LogP contribution in [0.3, 0.4) is 0 Å². The molecule has 0 saturated heterocycles. The molecule has 0 spiro atoms. The zero-order valence-electron chi connectivity index (χ0n) is 10.5. The van der Waals surface area contributed by atoms with Gasteiger partial charge in [0.2, 0.25) is 0 Å². The van der Waals surface area contributed by atoms with E-state index < -0.39 is 0 Å². The molecule has 1 aromatic rings. The van der Waals surface area contributed by atoms with E-state index in [9.17, 15) is 0 Å². The maximum Gasteiger partial charge on any atom is 0.105 e. The number of hydrogen-bond acceptors (Lipinski definition) is 2. The van der Waals surface area contributed by atoms with Crippen molar-refractivity contribution in [1.29, 1.82) is 0 Å². The Morgan fingerprint density at radius 2 is 2.12 bits per heavy atom. The summed E-state index contributed by atoms with van der Waals surface area (Å²) in [5.41, 5.74) is 7.40. The van der Waals surface area contributed by atoms with E-state index in [0.29, 0.717) is 15.9 Å².